The van der Waals surface area contributed by atoms with Gasteiger partial charge in [0, 0.05) is 13.6 Å². The molecule has 0 radical (unpaired) electrons. The first kappa shape index (κ1) is 14.4. The highest BCUT2D eigenvalue weighted by molar-refractivity contribution is 7.99. The third-order valence-electron chi connectivity index (χ3n) is 2.85. The first-order chi connectivity index (χ1) is 9.58. The van der Waals surface area contributed by atoms with E-state index in [1.165, 1.54) is 16.4 Å². The number of hydrogen-bond donors (Lipinski definition) is 1. The number of nitrogens with two attached hydrogens (primary N) is 1. The lowest BCUT2D eigenvalue weighted by molar-refractivity contribution is -0.127. The minimum atomic E-state index is 0.0273. The van der Waals surface area contributed by atoms with Crippen molar-refractivity contribution in [1.29, 1.82) is 0 Å². The topological polar surface area (TPSA) is 77.0 Å². The summed E-state index contributed by atoms with van der Waals surface area (Å²) in [5, 5.41) is 8.31. The highest BCUT2D eigenvalue weighted by atomic mass is 32.2. The van der Waals surface area contributed by atoms with Crippen LogP contribution in [0.15, 0.2) is 35.5 Å². The van der Waals surface area contributed by atoms with E-state index >= 15 is 0 Å². The van der Waals surface area contributed by atoms with E-state index in [2.05, 4.69) is 10.2 Å². The van der Waals surface area contributed by atoms with E-state index < -0.39 is 0 Å². The van der Waals surface area contributed by atoms with E-state index in [9.17, 15) is 4.79 Å². The van der Waals surface area contributed by atoms with Crippen LogP contribution in [0.1, 0.15) is 11.4 Å². The zero-order valence-electron chi connectivity index (χ0n) is 11.5. The lowest BCUT2D eigenvalue weighted by atomic mass is 10.2. The van der Waals surface area contributed by atoms with Gasteiger partial charge in [0.2, 0.25) is 11.1 Å². The van der Waals surface area contributed by atoms with Gasteiger partial charge >= 0.3 is 0 Å². The van der Waals surface area contributed by atoms with Gasteiger partial charge in [0.1, 0.15) is 5.82 Å². The van der Waals surface area contributed by atoms with Crippen molar-refractivity contribution in [3.8, 4) is 0 Å². The van der Waals surface area contributed by atoms with Crippen molar-refractivity contribution < 1.29 is 4.79 Å². The molecule has 2 N–H and O–H groups in total. The summed E-state index contributed by atoms with van der Waals surface area (Å²) in [6.45, 7) is 2.36. The Morgan fingerprint density at radius 1 is 1.35 bits per heavy atom. The van der Waals surface area contributed by atoms with Crippen molar-refractivity contribution in [3.63, 3.8) is 0 Å². The SMILES string of the molecule is Cc1nnc(SCC(=O)N(C)Cc2ccccc2)n1N. The summed E-state index contributed by atoms with van der Waals surface area (Å²) in [5.41, 5.74) is 1.10. The molecule has 0 aliphatic heterocycles. The molecule has 106 valence electrons. The quantitative estimate of drug-likeness (QED) is 0.658. The maximum Gasteiger partial charge on any atom is 0.233 e. The summed E-state index contributed by atoms with van der Waals surface area (Å²) in [6, 6.07) is 9.87. The highest BCUT2D eigenvalue weighted by Crippen LogP contribution is 2.15. The largest absolute Gasteiger partial charge is 0.341 e. The predicted octanol–water partition coefficient (Wildman–Crippen LogP) is 1.05. The first-order valence-electron chi connectivity index (χ1n) is 6.15. The summed E-state index contributed by atoms with van der Waals surface area (Å²) in [5.74, 6) is 6.67. The van der Waals surface area contributed by atoms with Crippen LogP contribution in [0.4, 0.5) is 0 Å². The molecule has 1 aromatic heterocycles. The van der Waals surface area contributed by atoms with Crippen LogP contribution in [0.2, 0.25) is 0 Å². The molecule has 20 heavy (non-hydrogen) atoms. The van der Waals surface area contributed by atoms with Gasteiger partial charge in [-0.05, 0) is 12.5 Å². The monoisotopic (exact) mass is 291 g/mol. The Labute approximate surface area is 121 Å². The number of carbonyl (C=O) groups is 1. The summed E-state index contributed by atoms with van der Waals surface area (Å²) in [6.07, 6.45) is 0. The van der Waals surface area contributed by atoms with E-state index in [0.29, 0.717) is 23.3 Å². The molecule has 0 unspecified atom stereocenters. The molecule has 1 amide bonds. The van der Waals surface area contributed by atoms with E-state index in [1.807, 2.05) is 30.3 Å². The molecule has 0 spiro atoms. The number of amides is 1. The Morgan fingerprint density at radius 3 is 2.65 bits per heavy atom. The van der Waals surface area contributed by atoms with Gasteiger partial charge in [0.05, 0.1) is 5.75 Å². The van der Waals surface area contributed by atoms with E-state index in [-0.39, 0.29) is 5.91 Å². The smallest absolute Gasteiger partial charge is 0.233 e. The maximum absolute atomic E-state index is 12.0. The molecule has 0 atom stereocenters. The Hall–Kier alpha value is -2.02. The second-order valence-electron chi connectivity index (χ2n) is 4.42. The van der Waals surface area contributed by atoms with Crippen LogP contribution in [0.3, 0.4) is 0 Å². The van der Waals surface area contributed by atoms with E-state index in [0.717, 1.165) is 5.56 Å². The molecule has 0 aliphatic rings. The molecule has 0 saturated heterocycles. The van der Waals surface area contributed by atoms with Crippen LogP contribution in [0.5, 0.6) is 0 Å². The summed E-state index contributed by atoms with van der Waals surface area (Å²) >= 11 is 1.29. The predicted molar refractivity (Wildman–Crippen MR) is 78.5 cm³/mol. The molecule has 7 heteroatoms. The number of thioether (sulfide) groups is 1. The van der Waals surface area contributed by atoms with Crippen LogP contribution in [0.25, 0.3) is 0 Å². The molecule has 0 fully saturated rings. The van der Waals surface area contributed by atoms with Crippen molar-refractivity contribution in [2.75, 3.05) is 18.6 Å². The summed E-state index contributed by atoms with van der Waals surface area (Å²) in [7, 11) is 1.79. The molecule has 0 saturated carbocycles. The zero-order valence-corrected chi connectivity index (χ0v) is 12.3. The van der Waals surface area contributed by atoms with Crippen molar-refractivity contribution in [3.05, 3.63) is 41.7 Å². The van der Waals surface area contributed by atoms with Gasteiger partial charge in [0.15, 0.2) is 0 Å². The van der Waals surface area contributed by atoms with Crippen LogP contribution in [0, 0.1) is 6.92 Å². The Balaban J connectivity index is 1.87. The Morgan fingerprint density at radius 2 is 2.05 bits per heavy atom. The lowest BCUT2D eigenvalue weighted by Gasteiger charge is -2.16. The van der Waals surface area contributed by atoms with E-state index in [1.54, 1.807) is 18.9 Å². The second kappa shape index (κ2) is 6.42. The number of hydrogen-bond acceptors (Lipinski definition) is 5. The molecule has 0 aliphatic carbocycles. The summed E-state index contributed by atoms with van der Waals surface area (Å²) < 4.78 is 1.38. The van der Waals surface area contributed by atoms with Gasteiger partial charge < -0.3 is 10.7 Å². The molecule has 1 aromatic carbocycles. The number of carbonyl (C=O) groups excluding carboxylic acids is 1. The van der Waals surface area contributed by atoms with Crippen LogP contribution in [-0.4, -0.2) is 38.5 Å². The minimum absolute atomic E-state index is 0.0273. The van der Waals surface area contributed by atoms with Crippen LogP contribution < -0.4 is 5.84 Å². The fourth-order valence-electron chi connectivity index (χ4n) is 1.63. The number of nitrogen functional groups attached to an aromatic ring is 1. The molecule has 2 aromatic rings. The van der Waals surface area contributed by atoms with Crippen molar-refractivity contribution >= 4 is 17.7 Å². The zero-order chi connectivity index (χ0) is 14.5. The van der Waals surface area contributed by atoms with Gasteiger partial charge in [-0.2, -0.15) is 0 Å². The van der Waals surface area contributed by atoms with Crippen LogP contribution >= 0.6 is 11.8 Å². The number of aryl methyl sites for hydroxylation is 1. The van der Waals surface area contributed by atoms with Gasteiger partial charge in [-0.25, -0.2) is 4.68 Å². The Bertz CT molecular complexity index is 584. The van der Waals surface area contributed by atoms with Crippen molar-refractivity contribution in [2.45, 2.75) is 18.6 Å². The average molecular weight is 291 g/mol. The van der Waals surface area contributed by atoms with Crippen molar-refractivity contribution in [1.82, 2.24) is 19.8 Å². The standard InChI is InChI=1S/C13H17N5OS/c1-10-15-16-13(18(10)14)20-9-12(19)17(2)8-11-6-4-3-5-7-11/h3-7H,8-9,14H2,1-2H3. The minimum Gasteiger partial charge on any atom is -0.341 e. The summed E-state index contributed by atoms with van der Waals surface area (Å²) in [4.78, 5) is 13.7. The van der Waals surface area contributed by atoms with Crippen LogP contribution in [-0.2, 0) is 11.3 Å². The molecule has 2 rings (SSSR count). The lowest BCUT2D eigenvalue weighted by Crippen LogP contribution is -2.28. The average Bonchev–Trinajstić information content (AvgIpc) is 2.77. The molecule has 6 nitrogen and oxygen atoms in total. The molecular weight excluding hydrogens is 274 g/mol. The number of benzene rings is 1. The van der Waals surface area contributed by atoms with Gasteiger partial charge in [0.25, 0.3) is 0 Å². The Kier molecular flexibility index (Phi) is 4.62. The maximum atomic E-state index is 12.0. The van der Waals surface area contributed by atoms with E-state index in [4.69, 9.17) is 5.84 Å². The number of rotatable bonds is 5. The van der Waals surface area contributed by atoms with Gasteiger partial charge in [-0.15, -0.1) is 10.2 Å². The third kappa shape index (κ3) is 3.51. The molecular formula is C13H17N5OS. The number of aromatic nitrogens is 3. The molecule has 1 heterocycles. The van der Waals surface area contributed by atoms with Gasteiger partial charge in [-0.1, -0.05) is 42.1 Å². The molecule has 0 bridgehead atoms. The first-order valence-corrected chi connectivity index (χ1v) is 7.14. The fourth-order valence-corrected chi connectivity index (χ4v) is 2.47. The number of nitrogens with zero attached hydrogens (tertiary/aromatic N) is 4. The van der Waals surface area contributed by atoms with Gasteiger partial charge in [-0.3, -0.25) is 4.79 Å². The van der Waals surface area contributed by atoms with Crippen molar-refractivity contribution in [2.24, 2.45) is 0 Å². The highest BCUT2D eigenvalue weighted by Gasteiger charge is 2.13. The third-order valence-corrected chi connectivity index (χ3v) is 3.78. The second-order valence-corrected chi connectivity index (χ2v) is 5.37. The normalized spacial score (nSPS) is 10.5. The fraction of sp³-hybridized carbons (Fsp3) is 0.308.